The topological polar surface area (TPSA) is 115 Å². The summed E-state index contributed by atoms with van der Waals surface area (Å²) in [4.78, 5) is 22.0. The normalized spacial score (nSPS) is 14.4. The second-order valence-electron chi connectivity index (χ2n) is 8.45. The predicted octanol–water partition coefficient (Wildman–Crippen LogP) is 3.33. The van der Waals surface area contributed by atoms with Gasteiger partial charge in [0.25, 0.3) is 5.56 Å². The molecule has 0 spiro atoms. The van der Waals surface area contributed by atoms with Crippen LogP contribution < -0.4 is 11.3 Å². The molecule has 0 saturated heterocycles. The summed E-state index contributed by atoms with van der Waals surface area (Å²) in [5, 5.41) is 15.3. The zero-order valence-corrected chi connectivity index (χ0v) is 18.0. The number of anilines is 1. The molecule has 3 aromatic heterocycles. The van der Waals surface area contributed by atoms with Crippen molar-refractivity contribution >= 4 is 16.7 Å². The number of aromatic nitrogens is 5. The first-order valence-corrected chi connectivity index (χ1v) is 10.6. The Morgan fingerprint density at radius 2 is 2.12 bits per heavy atom. The number of nitriles is 1. The molecule has 0 aliphatic heterocycles. The van der Waals surface area contributed by atoms with Crippen LogP contribution in [0.1, 0.15) is 48.7 Å². The zero-order valence-electron chi connectivity index (χ0n) is 18.0. The molecule has 8 nitrogen and oxygen atoms in total. The van der Waals surface area contributed by atoms with Crippen molar-refractivity contribution in [3.8, 4) is 17.2 Å². The lowest BCUT2D eigenvalue weighted by atomic mass is 9.95. The van der Waals surface area contributed by atoms with Gasteiger partial charge in [0.15, 0.2) is 0 Å². The van der Waals surface area contributed by atoms with Crippen molar-refractivity contribution in [3.05, 3.63) is 70.2 Å². The Balaban J connectivity index is 1.66. The van der Waals surface area contributed by atoms with E-state index in [1.807, 2.05) is 36.0 Å². The van der Waals surface area contributed by atoms with Crippen molar-refractivity contribution in [2.24, 2.45) is 7.05 Å². The van der Waals surface area contributed by atoms with Crippen molar-refractivity contribution in [1.82, 2.24) is 24.3 Å². The fraction of sp³-hybridized carbons (Fsp3) is 0.292. The Morgan fingerprint density at radius 1 is 1.31 bits per heavy atom. The molecular weight excluding hydrogens is 402 g/mol. The molecule has 160 valence electrons. The van der Waals surface area contributed by atoms with Gasteiger partial charge < -0.3 is 10.3 Å². The molecule has 3 heterocycles. The summed E-state index contributed by atoms with van der Waals surface area (Å²) in [6, 6.07) is 10.4. The molecule has 0 unspecified atom stereocenters. The largest absolute Gasteiger partial charge is 0.368 e. The number of nitrogens with zero attached hydrogens (tertiary/aromatic N) is 6. The smallest absolute Gasteiger partial charge is 0.259 e. The number of nitrogen functional groups attached to an aromatic ring is 1. The Labute approximate surface area is 185 Å². The number of rotatable bonds is 5. The van der Waals surface area contributed by atoms with Crippen molar-refractivity contribution < 1.29 is 0 Å². The van der Waals surface area contributed by atoms with Crippen molar-refractivity contribution in [3.63, 3.8) is 0 Å². The van der Waals surface area contributed by atoms with Crippen molar-refractivity contribution in [1.29, 1.82) is 5.26 Å². The number of pyridine rings is 1. The van der Waals surface area contributed by atoms with Crippen LogP contribution in [0.4, 0.5) is 5.95 Å². The van der Waals surface area contributed by atoms with E-state index in [4.69, 9.17) is 5.73 Å². The third-order valence-electron chi connectivity index (χ3n) is 6.05. The fourth-order valence-corrected chi connectivity index (χ4v) is 4.36. The van der Waals surface area contributed by atoms with E-state index in [1.165, 1.54) is 6.20 Å². The van der Waals surface area contributed by atoms with Gasteiger partial charge in [-0.1, -0.05) is 25.1 Å². The standard InChI is InChI=1S/C24H23N7O/c1-14(8-20-16(10-25)11-27-24(26)29-20)21-9-15-4-3-5-19(17-12-28-30(2)13-17)22(15)23(32)31(21)18-6-7-18/h3-5,9,11-14,18H,6-8H2,1-2H3,(H2,26,27,29)/t14-/m1/s1. The highest BCUT2D eigenvalue weighted by Crippen LogP contribution is 2.38. The Kier molecular flexibility index (Phi) is 4.74. The maximum Gasteiger partial charge on any atom is 0.259 e. The van der Waals surface area contributed by atoms with Crippen molar-refractivity contribution in [2.45, 2.75) is 38.1 Å². The quantitative estimate of drug-likeness (QED) is 0.524. The number of hydrogen-bond donors (Lipinski definition) is 1. The molecule has 1 aromatic carbocycles. The Morgan fingerprint density at radius 3 is 2.81 bits per heavy atom. The third kappa shape index (κ3) is 3.42. The summed E-state index contributed by atoms with van der Waals surface area (Å²) in [5.41, 5.74) is 9.57. The minimum atomic E-state index is -0.0313. The average Bonchev–Trinajstić information content (AvgIpc) is 3.52. The van der Waals surface area contributed by atoms with E-state index in [0.29, 0.717) is 23.1 Å². The fourth-order valence-electron chi connectivity index (χ4n) is 4.36. The van der Waals surface area contributed by atoms with E-state index >= 15 is 0 Å². The third-order valence-corrected chi connectivity index (χ3v) is 6.05. The van der Waals surface area contributed by atoms with E-state index < -0.39 is 0 Å². The minimum Gasteiger partial charge on any atom is -0.368 e. The van der Waals surface area contributed by atoms with Crippen LogP contribution in [0.3, 0.4) is 0 Å². The monoisotopic (exact) mass is 425 g/mol. The van der Waals surface area contributed by atoms with Crippen LogP contribution in [0.5, 0.6) is 0 Å². The van der Waals surface area contributed by atoms with Gasteiger partial charge in [-0.3, -0.25) is 9.48 Å². The molecule has 32 heavy (non-hydrogen) atoms. The van der Waals surface area contributed by atoms with E-state index in [1.54, 1.807) is 10.9 Å². The maximum absolute atomic E-state index is 13.8. The lowest BCUT2D eigenvalue weighted by molar-refractivity contribution is 0.601. The van der Waals surface area contributed by atoms with Gasteiger partial charge in [0, 0.05) is 36.5 Å². The first-order valence-electron chi connectivity index (χ1n) is 10.6. The highest BCUT2D eigenvalue weighted by Gasteiger charge is 2.30. The molecule has 2 N–H and O–H groups in total. The summed E-state index contributed by atoms with van der Waals surface area (Å²) in [6.45, 7) is 2.06. The zero-order chi connectivity index (χ0) is 22.4. The second kappa shape index (κ2) is 7.61. The van der Waals surface area contributed by atoms with Crippen LogP contribution in [0.2, 0.25) is 0 Å². The average molecular weight is 425 g/mol. The molecule has 0 radical (unpaired) electrons. The van der Waals surface area contributed by atoms with Gasteiger partial charge in [0.1, 0.15) is 6.07 Å². The van der Waals surface area contributed by atoms with Gasteiger partial charge in [0.2, 0.25) is 5.95 Å². The van der Waals surface area contributed by atoms with Gasteiger partial charge >= 0.3 is 0 Å². The molecule has 8 heteroatoms. The van der Waals surface area contributed by atoms with E-state index in [9.17, 15) is 10.1 Å². The highest BCUT2D eigenvalue weighted by molar-refractivity contribution is 5.96. The van der Waals surface area contributed by atoms with Crippen LogP contribution in [-0.2, 0) is 13.5 Å². The number of benzene rings is 1. The number of fused-ring (bicyclic) bond motifs is 1. The Bertz CT molecular complexity index is 1440. The molecule has 1 saturated carbocycles. The van der Waals surface area contributed by atoms with E-state index in [0.717, 1.165) is 35.0 Å². The molecular formula is C24H23N7O. The predicted molar refractivity (Wildman–Crippen MR) is 122 cm³/mol. The lowest BCUT2D eigenvalue weighted by Crippen LogP contribution is -2.25. The summed E-state index contributed by atoms with van der Waals surface area (Å²) in [6.07, 6.45) is 7.65. The molecule has 0 bridgehead atoms. The van der Waals surface area contributed by atoms with Gasteiger partial charge in [0.05, 0.1) is 29.0 Å². The van der Waals surface area contributed by atoms with Gasteiger partial charge in [-0.25, -0.2) is 9.97 Å². The molecule has 1 atom stereocenters. The highest BCUT2D eigenvalue weighted by atomic mass is 16.1. The molecule has 4 aromatic rings. The van der Waals surface area contributed by atoms with Crippen LogP contribution in [0.15, 0.2) is 47.7 Å². The summed E-state index contributed by atoms with van der Waals surface area (Å²) >= 11 is 0. The van der Waals surface area contributed by atoms with E-state index in [-0.39, 0.29) is 23.5 Å². The van der Waals surface area contributed by atoms with Crippen LogP contribution >= 0.6 is 0 Å². The molecule has 1 fully saturated rings. The second-order valence-corrected chi connectivity index (χ2v) is 8.45. The van der Waals surface area contributed by atoms with Crippen LogP contribution in [-0.4, -0.2) is 24.3 Å². The minimum absolute atomic E-state index is 0.0222. The molecule has 1 aliphatic rings. The lowest BCUT2D eigenvalue weighted by Gasteiger charge is -2.20. The molecule has 1 aliphatic carbocycles. The van der Waals surface area contributed by atoms with Gasteiger partial charge in [-0.15, -0.1) is 0 Å². The maximum atomic E-state index is 13.8. The number of hydrogen-bond acceptors (Lipinski definition) is 6. The molecule has 0 amide bonds. The SMILES string of the molecule is C[C@H](Cc1nc(N)ncc1C#N)c1cc2cccc(-c3cnn(C)c3)c2c(=O)n1C1CC1. The Hall–Kier alpha value is -3.99. The summed E-state index contributed by atoms with van der Waals surface area (Å²) < 4.78 is 3.69. The first-order chi connectivity index (χ1) is 15.5. The van der Waals surface area contributed by atoms with Gasteiger partial charge in [-0.05, 0) is 36.3 Å². The molecule has 5 rings (SSSR count). The van der Waals surface area contributed by atoms with Crippen molar-refractivity contribution in [2.75, 3.05) is 5.73 Å². The first kappa shape index (κ1) is 19.9. The van der Waals surface area contributed by atoms with Crippen LogP contribution in [0.25, 0.3) is 21.9 Å². The van der Waals surface area contributed by atoms with Crippen LogP contribution in [0, 0.1) is 11.3 Å². The number of aryl methyl sites for hydroxylation is 1. The summed E-state index contributed by atoms with van der Waals surface area (Å²) in [5.74, 6) is 0.113. The number of nitrogens with two attached hydrogens (primary N) is 1. The van der Waals surface area contributed by atoms with Gasteiger partial charge in [-0.2, -0.15) is 10.4 Å². The van der Waals surface area contributed by atoms with E-state index in [2.05, 4.69) is 34.1 Å². The summed E-state index contributed by atoms with van der Waals surface area (Å²) in [7, 11) is 1.87.